The standard InChI is InChI=1S/C14H22N2/c1-11-6-7-12(2)14(9-11)15-10-13-5-4-8-16(13)3/h6-7,9,13,15H,4-5,8,10H2,1-3H3. The number of anilines is 1. The van der Waals surface area contributed by atoms with Crippen molar-refractivity contribution >= 4 is 5.69 Å². The lowest BCUT2D eigenvalue weighted by Crippen LogP contribution is -2.31. The number of nitrogens with zero attached hydrogens (tertiary/aromatic N) is 1. The van der Waals surface area contributed by atoms with Crippen LogP contribution in [0.5, 0.6) is 0 Å². The minimum absolute atomic E-state index is 0.708. The molecule has 0 amide bonds. The molecule has 1 fully saturated rings. The third-order valence-corrected chi connectivity index (χ3v) is 3.59. The minimum Gasteiger partial charge on any atom is -0.383 e. The summed E-state index contributed by atoms with van der Waals surface area (Å²) < 4.78 is 0. The van der Waals surface area contributed by atoms with Crippen molar-refractivity contribution in [2.24, 2.45) is 0 Å². The molecule has 1 aromatic rings. The molecule has 2 heteroatoms. The molecule has 0 radical (unpaired) electrons. The first-order chi connectivity index (χ1) is 7.66. The van der Waals surface area contributed by atoms with Gasteiger partial charge in [-0.15, -0.1) is 0 Å². The lowest BCUT2D eigenvalue weighted by atomic mass is 10.1. The molecule has 1 aliphatic heterocycles. The Balaban J connectivity index is 1.96. The Morgan fingerprint density at radius 2 is 2.19 bits per heavy atom. The molecule has 0 aromatic heterocycles. The van der Waals surface area contributed by atoms with E-state index in [-0.39, 0.29) is 0 Å². The van der Waals surface area contributed by atoms with E-state index in [2.05, 4.69) is 49.3 Å². The zero-order valence-corrected chi connectivity index (χ0v) is 10.6. The highest BCUT2D eigenvalue weighted by atomic mass is 15.2. The van der Waals surface area contributed by atoms with Crippen molar-refractivity contribution < 1.29 is 0 Å². The maximum Gasteiger partial charge on any atom is 0.0373 e. The molecule has 0 bridgehead atoms. The molecule has 2 rings (SSSR count). The Kier molecular flexibility index (Phi) is 3.49. The summed E-state index contributed by atoms with van der Waals surface area (Å²) in [6.07, 6.45) is 2.67. The van der Waals surface area contributed by atoms with Crippen LogP contribution in [0.15, 0.2) is 18.2 Å². The number of likely N-dealkylation sites (N-methyl/N-ethyl adjacent to an activating group) is 1. The average molecular weight is 218 g/mol. The van der Waals surface area contributed by atoms with Crippen molar-refractivity contribution in [3.8, 4) is 0 Å². The molecular formula is C14H22N2. The van der Waals surface area contributed by atoms with E-state index in [1.54, 1.807) is 0 Å². The van der Waals surface area contributed by atoms with Crippen molar-refractivity contribution in [1.82, 2.24) is 4.90 Å². The summed E-state index contributed by atoms with van der Waals surface area (Å²) in [4.78, 5) is 2.46. The predicted octanol–water partition coefficient (Wildman–Crippen LogP) is 2.81. The van der Waals surface area contributed by atoms with Crippen molar-refractivity contribution in [2.75, 3.05) is 25.5 Å². The Morgan fingerprint density at radius 1 is 1.38 bits per heavy atom. The summed E-state index contributed by atoms with van der Waals surface area (Å²) in [5.41, 5.74) is 3.96. The van der Waals surface area contributed by atoms with Crippen LogP contribution in [-0.2, 0) is 0 Å². The van der Waals surface area contributed by atoms with Crippen LogP contribution in [0.3, 0.4) is 0 Å². The van der Waals surface area contributed by atoms with E-state index in [0.717, 1.165) is 6.54 Å². The van der Waals surface area contributed by atoms with Gasteiger partial charge >= 0.3 is 0 Å². The largest absolute Gasteiger partial charge is 0.383 e. The molecule has 0 spiro atoms. The van der Waals surface area contributed by atoms with Crippen LogP contribution in [0.4, 0.5) is 5.69 Å². The summed E-state index contributed by atoms with van der Waals surface area (Å²) in [6.45, 7) is 6.63. The molecule has 2 nitrogen and oxygen atoms in total. The molecule has 0 saturated carbocycles. The maximum absolute atomic E-state index is 3.58. The van der Waals surface area contributed by atoms with Crippen LogP contribution in [0, 0.1) is 13.8 Å². The molecule has 1 N–H and O–H groups in total. The quantitative estimate of drug-likeness (QED) is 0.839. The van der Waals surface area contributed by atoms with Gasteiger partial charge in [0.25, 0.3) is 0 Å². The molecule has 1 saturated heterocycles. The van der Waals surface area contributed by atoms with E-state index in [0.29, 0.717) is 6.04 Å². The van der Waals surface area contributed by atoms with E-state index >= 15 is 0 Å². The molecule has 1 unspecified atom stereocenters. The molecule has 16 heavy (non-hydrogen) atoms. The summed E-state index contributed by atoms with van der Waals surface area (Å²) in [5.74, 6) is 0. The lowest BCUT2D eigenvalue weighted by molar-refractivity contribution is 0.322. The number of hydrogen-bond acceptors (Lipinski definition) is 2. The van der Waals surface area contributed by atoms with Gasteiger partial charge in [-0.25, -0.2) is 0 Å². The highest BCUT2D eigenvalue weighted by Crippen LogP contribution is 2.19. The first-order valence-electron chi connectivity index (χ1n) is 6.18. The van der Waals surface area contributed by atoms with Crippen molar-refractivity contribution in [2.45, 2.75) is 32.7 Å². The smallest absolute Gasteiger partial charge is 0.0373 e. The van der Waals surface area contributed by atoms with Gasteiger partial charge in [0.2, 0.25) is 0 Å². The second kappa shape index (κ2) is 4.88. The number of aryl methyl sites for hydroxylation is 2. The Hall–Kier alpha value is -1.02. The van der Waals surface area contributed by atoms with Crippen LogP contribution in [0.2, 0.25) is 0 Å². The highest BCUT2D eigenvalue weighted by molar-refractivity contribution is 5.52. The highest BCUT2D eigenvalue weighted by Gasteiger charge is 2.20. The third kappa shape index (κ3) is 2.56. The second-order valence-electron chi connectivity index (χ2n) is 4.98. The van der Waals surface area contributed by atoms with Crippen molar-refractivity contribution in [3.63, 3.8) is 0 Å². The fourth-order valence-corrected chi connectivity index (χ4v) is 2.39. The summed E-state index contributed by atoms with van der Waals surface area (Å²) >= 11 is 0. The van der Waals surface area contributed by atoms with Gasteiger partial charge in [0, 0.05) is 18.3 Å². The number of rotatable bonds is 3. The molecule has 0 aliphatic carbocycles. The predicted molar refractivity (Wildman–Crippen MR) is 70.1 cm³/mol. The van der Waals surface area contributed by atoms with Gasteiger partial charge in [-0.05, 0) is 57.5 Å². The average Bonchev–Trinajstić information content (AvgIpc) is 2.66. The first kappa shape index (κ1) is 11.5. The van der Waals surface area contributed by atoms with Crippen molar-refractivity contribution in [1.29, 1.82) is 0 Å². The van der Waals surface area contributed by atoms with E-state index in [9.17, 15) is 0 Å². The normalized spacial score (nSPS) is 21.3. The van der Waals surface area contributed by atoms with Gasteiger partial charge in [-0.1, -0.05) is 12.1 Å². The van der Waals surface area contributed by atoms with E-state index in [1.807, 2.05) is 0 Å². The van der Waals surface area contributed by atoms with Gasteiger partial charge in [0.15, 0.2) is 0 Å². The fraction of sp³-hybridized carbons (Fsp3) is 0.571. The van der Waals surface area contributed by atoms with Crippen LogP contribution < -0.4 is 5.32 Å². The monoisotopic (exact) mass is 218 g/mol. The zero-order chi connectivity index (χ0) is 11.5. The van der Waals surface area contributed by atoms with Crippen molar-refractivity contribution in [3.05, 3.63) is 29.3 Å². The SMILES string of the molecule is Cc1ccc(C)c(NCC2CCCN2C)c1. The molecule has 1 atom stereocenters. The van der Waals surface area contributed by atoms with Crippen LogP contribution >= 0.6 is 0 Å². The van der Waals surface area contributed by atoms with Gasteiger partial charge in [-0.2, -0.15) is 0 Å². The number of hydrogen-bond donors (Lipinski definition) is 1. The van der Waals surface area contributed by atoms with Crippen LogP contribution in [0.1, 0.15) is 24.0 Å². The number of likely N-dealkylation sites (tertiary alicyclic amines) is 1. The van der Waals surface area contributed by atoms with E-state index in [4.69, 9.17) is 0 Å². The third-order valence-electron chi connectivity index (χ3n) is 3.59. The summed E-state index contributed by atoms with van der Waals surface area (Å²) in [7, 11) is 2.22. The first-order valence-corrected chi connectivity index (χ1v) is 6.18. The van der Waals surface area contributed by atoms with E-state index in [1.165, 1.54) is 36.2 Å². The molecule has 1 heterocycles. The van der Waals surface area contributed by atoms with Crippen LogP contribution in [-0.4, -0.2) is 31.1 Å². The minimum atomic E-state index is 0.708. The summed E-state index contributed by atoms with van der Waals surface area (Å²) in [6, 6.07) is 7.31. The Bertz CT molecular complexity index is 360. The molecule has 1 aliphatic rings. The van der Waals surface area contributed by atoms with Crippen LogP contribution in [0.25, 0.3) is 0 Å². The topological polar surface area (TPSA) is 15.3 Å². The second-order valence-corrected chi connectivity index (χ2v) is 4.98. The molecule has 1 aromatic carbocycles. The van der Waals surface area contributed by atoms with E-state index < -0.39 is 0 Å². The van der Waals surface area contributed by atoms with Gasteiger partial charge in [-0.3, -0.25) is 0 Å². The Labute approximate surface area is 98.7 Å². The van der Waals surface area contributed by atoms with Gasteiger partial charge < -0.3 is 10.2 Å². The zero-order valence-electron chi connectivity index (χ0n) is 10.6. The molecular weight excluding hydrogens is 196 g/mol. The lowest BCUT2D eigenvalue weighted by Gasteiger charge is -2.21. The fourth-order valence-electron chi connectivity index (χ4n) is 2.39. The Morgan fingerprint density at radius 3 is 2.88 bits per heavy atom. The molecule has 88 valence electrons. The summed E-state index contributed by atoms with van der Waals surface area (Å²) in [5, 5.41) is 3.58. The van der Waals surface area contributed by atoms with Gasteiger partial charge in [0.1, 0.15) is 0 Å². The number of benzene rings is 1. The van der Waals surface area contributed by atoms with Gasteiger partial charge in [0.05, 0.1) is 0 Å². The maximum atomic E-state index is 3.58. The number of nitrogens with one attached hydrogen (secondary N) is 1.